The van der Waals surface area contributed by atoms with Gasteiger partial charge < -0.3 is 28.6 Å². The fourth-order valence-electron chi connectivity index (χ4n) is 3.68. The topological polar surface area (TPSA) is 169 Å². The van der Waals surface area contributed by atoms with Crippen LogP contribution in [-0.2, 0) is 31.8 Å². The third-order valence-electron chi connectivity index (χ3n) is 7.26. The van der Waals surface area contributed by atoms with Gasteiger partial charge in [0.2, 0.25) is 0 Å². The van der Waals surface area contributed by atoms with Crippen LogP contribution in [0.1, 0.15) is 93.9 Å². The molecular weight excluding hydrogens is 758 g/mol. The maximum atomic E-state index is 12.5. The smallest absolute Gasteiger partial charge is 0.310 e. The van der Waals surface area contributed by atoms with E-state index in [0.717, 1.165) is 84.5 Å². The highest BCUT2D eigenvalue weighted by Crippen LogP contribution is 2.40. The van der Waals surface area contributed by atoms with Gasteiger partial charge in [0, 0.05) is 0 Å². The summed E-state index contributed by atoms with van der Waals surface area (Å²) in [7, 11) is -11.4. The summed E-state index contributed by atoms with van der Waals surface area (Å²) in [6.45, 7) is 17.2. The van der Waals surface area contributed by atoms with Gasteiger partial charge in [-0.05, 0) is 106 Å². The Morgan fingerprint density at radius 3 is 0.979 bits per heavy atom. The van der Waals surface area contributed by atoms with E-state index in [0.29, 0.717) is 13.2 Å². The van der Waals surface area contributed by atoms with Gasteiger partial charge in [-0.3, -0.25) is 13.6 Å². The molecule has 0 atom stereocenters. The third kappa shape index (κ3) is 33.6. The summed E-state index contributed by atoms with van der Waals surface area (Å²) in [6, 6.07) is 0. The monoisotopic (exact) mass is 822 g/mol. The first kappa shape index (κ1) is 49.8. The average molecular weight is 823 g/mol. The first-order valence-corrected chi connectivity index (χ1v) is 25.3. The number of hydrogen-bond acceptors (Lipinski definition) is 11. The molecule has 0 aromatic rings. The molecule has 290 valence electrons. The maximum absolute atomic E-state index is 12.5. The molecule has 0 spiro atoms. The predicted octanol–water partition coefficient (Wildman–Crippen LogP) is 9.01. The van der Waals surface area contributed by atoms with Crippen molar-refractivity contribution in [2.24, 2.45) is 21.7 Å². The van der Waals surface area contributed by atoms with Gasteiger partial charge in [-0.1, -0.05) is 55.4 Å². The minimum Gasteiger partial charge on any atom is -0.310 e. The number of phosphoric acid groups is 2. The first-order valence-electron chi connectivity index (χ1n) is 16.4. The van der Waals surface area contributed by atoms with Crippen molar-refractivity contribution in [2.75, 3.05) is 72.5 Å². The van der Waals surface area contributed by atoms with E-state index in [1.807, 2.05) is 74.7 Å². The van der Waals surface area contributed by atoms with Crippen molar-refractivity contribution in [3.8, 4) is 0 Å². The Morgan fingerprint density at radius 2 is 0.729 bits per heavy atom. The standard InChI is InChI=1S/C30H65O11P3S4/c1-27(2,11-19-45-15-9-17-47-21-13-29(5,6)25-40-43(32,33)34)23-38-42(31)39-24-28(3,4)12-20-46-16-10-18-48-22-14-30(7,8)26-41-44(35,36)37/h42H,9-26H2,1-8H3,(H2,32,33,34)(H2,35,36,37). The van der Waals surface area contributed by atoms with Crippen molar-refractivity contribution < 1.29 is 51.4 Å². The Kier molecular flexibility index (Phi) is 25.9. The molecule has 0 saturated carbocycles. The van der Waals surface area contributed by atoms with Crippen molar-refractivity contribution in [1.82, 2.24) is 0 Å². The largest absolute Gasteiger partial charge is 0.469 e. The number of hydrogen-bond donors (Lipinski definition) is 4. The molecule has 4 N–H and O–H groups in total. The van der Waals surface area contributed by atoms with Gasteiger partial charge in [0.15, 0.2) is 0 Å². The van der Waals surface area contributed by atoms with Crippen LogP contribution in [0.3, 0.4) is 0 Å². The van der Waals surface area contributed by atoms with Gasteiger partial charge >= 0.3 is 23.9 Å². The van der Waals surface area contributed by atoms with Crippen LogP contribution in [0.4, 0.5) is 0 Å². The molecule has 0 amide bonds. The highest BCUT2D eigenvalue weighted by atomic mass is 32.2. The lowest BCUT2D eigenvalue weighted by Gasteiger charge is -2.26. The van der Waals surface area contributed by atoms with Crippen molar-refractivity contribution in [1.29, 1.82) is 0 Å². The fraction of sp³-hybridized carbons (Fsp3) is 1.00. The van der Waals surface area contributed by atoms with Gasteiger partial charge in [-0.15, -0.1) is 0 Å². The summed E-state index contributed by atoms with van der Waals surface area (Å²) in [5.41, 5.74) is -0.730. The SMILES string of the molecule is CC(C)(CCSCCCSCCC(C)(C)COP(=O)(O)O)CO[PH](=O)OCC(C)(C)CCSCCCSCCC(C)(C)COP(=O)(O)O. The summed E-state index contributed by atoms with van der Waals surface area (Å²) in [5, 5.41) is 0. The molecule has 0 aromatic heterocycles. The lowest BCUT2D eigenvalue weighted by molar-refractivity contribution is 0.122. The molecule has 0 heterocycles. The quantitative estimate of drug-likeness (QED) is 0.0374. The summed E-state index contributed by atoms with van der Waals surface area (Å²) in [4.78, 5) is 35.5. The van der Waals surface area contributed by atoms with Gasteiger partial charge in [0.05, 0.1) is 26.4 Å². The molecular formula is C30H65O11P3S4. The highest BCUT2D eigenvalue weighted by molar-refractivity contribution is 8.00. The second-order valence-electron chi connectivity index (χ2n) is 15.2. The molecule has 0 fully saturated rings. The molecule has 18 heteroatoms. The Balaban J connectivity index is 3.88. The fourth-order valence-corrected chi connectivity index (χ4v) is 11.2. The number of phosphoric ester groups is 2. The molecule has 0 aliphatic carbocycles. The Hall–Kier alpha value is 1.77. The van der Waals surface area contributed by atoms with E-state index in [4.69, 9.17) is 28.6 Å². The van der Waals surface area contributed by atoms with Crippen LogP contribution in [0.15, 0.2) is 0 Å². The minimum atomic E-state index is -4.42. The van der Waals surface area contributed by atoms with E-state index in [1.54, 1.807) is 0 Å². The Labute approximate surface area is 308 Å². The first-order chi connectivity index (χ1) is 21.9. The third-order valence-corrected chi connectivity index (χ3v) is 13.2. The second-order valence-corrected chi connectivity index (χ2v) is 23.6. The minimum absolute atomic E-state index is 0.0439. The van der Waals surface area contributed by atoms with Crippen molar-refractivity contribution in [2.45, 2.75) is 93.9 Å². The van der Waals surface area contributed by atoms with Crippen molar-refractivity contribution in [3.63, 3.8) is 0 Å². The average Bonchev–Trinajstić information content (AvgIpc) is 2.95. The van der Waals surface area contributed by atoms with Gasteiger partial charge in [0.25, 0.3) is 0 Å². The van der Waals surface area contributed by atoms with Crippen LogP contribution in [0, 0.1) is 21.7 Å². The molecule has 11 nitrogen and oxygen atoms in total. The Morgan fingerprint density at radius 1 is 0.479 bits per heavy atom. The normalized spacial score (nSPS) is 13.9. The van der Waals surface area contributed by atoms with Gasteiger partial charge in [-0.2, -0.15) is 47.0 Å². The molecule has 48 heavy (non-hydrogen) atoms. The van der Waals surface area contributed by atoms with E-state index in [-0.39, 0.29) is 34.9 Å². The van der Waals surface area contributed by atoms with E-state index in [2.05, 4.69) is 36.7 Å². The molecule has 0 unspecified atom stereocenters. The molecule has 0 rings (SSSR count). The lowest BCUT2D eigenvalue weighted by atomic mass is 9.92. The highest BCUT2D eigenvalue weighted by Gasteiger charge is 2.25. The van der Waals surface area contributed by atoms with Crippen LogP contribution in [0.2, 0.25) is 0 Å². The summed E-state index contributed by atoms with van der Waals surface area (Å²) in [6.07, 6.45) is 5.78. The Bertz CT molecular complexity index is 902. The van der Waals surface area contributed by atoms with Crippen LogP contribution >= 0.6 is 70.9 Å². The van der Waals surface area contributed by atoms with Crippen LogP contribution in [-0.4, -0.2) is 92.0 Å². The number of rotatable bonds is 32. The van der Waals surface area contributed by atoms with Crippen molar-refractivity contribution in [3.05, 3.63) is 0 Å². The predicted molar refractivity (Wildman–Crippen MR) is 209 cm³/mol. The summed E-state index contributed by atoms with van der Waals surface area (Å²) in [5.74, 6) is 8.11. The zero-order valence-corrected chi connectivity index (χ0v) is 36.5. The zero-order chi connectivity index (χ0) is 37.0. The molecule has 0 aromatic carbocycles. The van der Waals surface area contributed by atoms with E-state index >= 15 is 0 Å². The van der Waals surface area contributed by atoms with Gasteiger partial charge in [0.1, 0.15) is 0 Å². The molecule has 0 saturated heterocycles. The lowest BCUT2D eigenvalue weighted by Crippen LogP contribution is -2.21. The number of thioether (sulfide) groups is 4. The zero-order valence-electron chi connectivity index (χ0n) is 30.4. The molecule has 0 radical (unpaired) electrons. The van der Waals surface area contributed by atoms with E-state index in [1.165, 1.54) is 0 Å². The molecule has 0 aliphatic rings. The van der Waals surface area contributed by atoms with E-state index < -0.39 is 23.9 Å². The molecule has 0 aliphatic heterocycles. The van der Waals surface area contributed by atoms with Crippen LogP contribution in [0.25, 0.3) is 0 Å². The second kappa shape index (κ2) is 25.0. The summed E-state index contributed by atoms with van der Waals surface area (Å²) < 4.78 is 54.8. The van der Waals surface area contributed by atoms with Gasteiger partial charge in [-0.25, -0.2) is 9.13 Å². The molecule has 0 bridgehead atoms. The van der Waals surface area contributed by atoms with Crippen molar-refractivity contribution >= 4 is 70.9 Å². The maximum Gasteiger partial charge on any atom is 0.469 e. The van der Waals surface area contributed by atoms with E-state index in [9.17, 15) is 13.7 Å². The summed E-state index contributed by atoms with van der Waals surface area (Å²) >= 11 is 7.54. The van der Waals surface area contributed by atoms with Crippen LogP contribution < -0.4 is 0 Å². The van der Waals surface area contributed by atoms with Crippen LogP contribution in [0.5, 0.6) is 0 Å².